The third kappa shape index (κ3) is 2.81. The molecule has 0 aromatic rings. The van der Waals surface area contributed by atoms with Gasteiger partial charge in [-0.3, -0.25) is 4.79 Å². The second-order valence-corrected chi connectivity index (χ2v) is 5.03. The van der Waals surface area contributed by atoms with E-state index >= 15 is 0 Å². The first-order valence-corrected chi connectivity index (χ1v) is 6.30. The van der Waals surface area contributed by atoms with Gasteiger partial charge in [-0.2, -0.15) is 0 Å². The van der Waals surface area contributed by atoms with Gasteiger partial charge in [-0.15, -0.1) is 0 Å². The molecule has 0 saturated carbocycles. The highest BCUT2D eigenvalue weighted by Crippen LogP contribution is 2.23. The molecular weight excluding hydrogens is 238 g/mol. The molecule has 2 rings (SSSR count). The van der Waals surface area contributed by atoms with Gasteiger partial charge in [0, 0.05) is 13.1 Å². The molecule has 0 bridgehead atoms. The zero-order valence-corrected chi connectivity index (χ0v) is 10.7. The lowest BCUT2D eigenvalue weighted by molar-refractivity contribution is -0.160. The van der Waals surface area contributed by atoms with Crippen LogP contribution < -0.4 is 0 Å². The summed E-state index contributed by atoms with van der Waals surface area (Å²) in [5.41, 5.74) is 0. The second-order valence-electron chi connectivity index (χ2n) is 5.03. The quantitative estimate of drug-likeness (QED) is 0.767. The number of aliphatic carboxylic acids is 1. The molecule has 0 aromatic heterocycles. The molecule has 0 aliphatic carbocycles. The van der Waals surface area contributed by atoms with E-state index in [0.29, 0.717) is 25.9 Å². The number of hydrogen-bond acceptors (Lipinski definition) is 4. The van der Waals surface area contributed by atoms with Crippen LogP contribution in [0, 0.1) is 0 Å². The Labute approximate surface area is 106 Å². The molecule has 1 amide bonds. The summed E-state index contributed by atoms with van der Waals surface area (Å²) in [7, 11) is 0. The van der Waals surface area contributed by atoms with Crippen molar-refractivity contribution < 1.29 is 24.2 Å². The van der Waals surface area contributed by atoms with Gasteiger partial charge in [-0.25, -0.2) is 4.79 Å². The summed E-state index contributed by atoms with van der Waals surface area (Å²) >= 11 is 0. The summed E-state index contributed by atoms with van der Waals surface area (Å²) < 4.78 is 10.8. The molecule has 2 fully saturated rings. The summed E-state index contributed by atoms with van der Waals surface area (Å²) in [6.07, 6.45) is -0.543. The summed E-state index contributed by atoms with van der Waals surface area (Å²) in [4.78, 5) is 24.7. The first kappa shape index (κ1) is 13.3. The van der Waals surface area contributed by atoms with Crippen molar-refractivity contribution in [2.24, 2.45) is 0 Å². The molecule has 102 valence electrons. The molecular formula is C12H19NO5. The molecule has 4 atom stereocenters. The molecule has 6 nitrogen and oxygen atoms in total. The Kier molecular flexibility index (Phi) is 3.87. The van der Waals surface area contributed by atoms with E-state index in [0.717, 1.165) is 0 Å². The molecule has 1 N–H and O–H groups in total. The zero-order chi connectivity index (χ0) is 13.3. The van der Waals surface area contributed by atoms with Crippen LogP contribution in [0.3, 0.4) is 0 Å². The molecule has 2 aliphatic heterocycles. The van der Waals surface area contributed by atoms with E-state index < -0.39 is 18.2 Å². The number of ether oxygens (including phenoxy) is 2. The maximum atomic E-state index is 12.2. The number of carboxylic acids is 1. The SMILES string of the molecule is C[C@@H]1CN(C(=O)C2CCC(C(=O)O)O2)C[C@H](C)O1. The van der Waals surface area contributed by atoms with Crippen molar-refractivity contribution >= 4 is 11.9 Å². The Morgan fingerprint density at radius 3 is 2.11 bits per heavy atom. The fourth-order valence-electron chi connectivity index (χ4n) is 2.56. The van der Waals surface area contributed by atoms with Crippen LogP contribution in [0.4, 0.5) is 0 Å². The zero-order valence-electron chi connectivity index (χ0n) is 10.7. The lowest BCUT2D eigenvalue weighted by Gasteiger charge is -2.36. The Bertz CT molecular complexity index is 335. The minimum atomic E-state index is -0.992. The molecule has 2 heterocycles. The Hall–Kier alpha value is -1.14. The Morgan fingerprint density at radius 2 is 1.61 bits per heavy atom. The maximum absolute atomic E-state index is 12.2. The topological polar surface area (TPSA) is 76.1 Å². The smallest absolute Gasteiger partial charge is 0.332 e. The fraction of sp³-hybridized carbons (Fsp3) is 0.833. The molecule has 2 saturated heterocycles. The van der Waals surface area contributed by atoms with Crippen LogP contribution in [0.2, 0.25) is 0 Å². The van der Waals surface area contributed by atoms with E-state index in [1.807, 2.05) is 13.8 Å². The van der Waals surface area contributed by atoms with Crippen molar-refractivity contribution in [3.63, 3.8) is 0 Å². The summed E-state index contributed by atoms with van der Waals surface area (Å²) in [6, 6.07) is 0. The van der Waals surface area contributed by atoms with Crippen LogP contribution in [-0.2, 0) is 19.1 Å². The average molecular weight is 257 g/mol. The third-order valence-electron chi connectivity index (χ3n) is 3.30. The van der Waals surface area contributed by atoms with Gasteiger partial charge in [-0.05, 0) is 26.7 Å². The molecule has 2 aliphatic rings. The van der Waals surface area contributed by atoms with Crippen molar-refractivity contribution in [2.75, 3.05) is 13.1 Å². The molecule has 18 heavy (non-hydrogen) atoms. The van der Waals surface area contributed by atoms with Crippen LogP contribution in [-0.4, -0.2) is 59.4 Å². The number of carbonyl (C=O) groups excluding carboxylic acids is 1. The van der Waals surface area contributed by atoms with Crippen LogP contribution in [0.15, 0.2) is 0 Å². The van der Waals surface area contributed by atoms with Crippen LogP contribution in [0.25, 0.3) is 0 Å². The number of rotatable bonds is 2. The second kappa shape index (κ2) is 5.24. The molecule has 0 aromatic carbocycles. The number of amides is 1. The molecule has 0 spiro atoms. The maximum Gasteiger partial charge on any atom is 0.332 e. The van der Waals surface area contributed by atoms with Crippen LogP contribution >= 0.6 is 0 Å². The largest absolute Gasteiger partial charge is 0.479 e. The normalized spacial score (nSPS) is 36.7. The number of carboxylic acid groups (broad SMARTS) is 1. The van der Waals surface area contributed by atoms with Gasteiger partial charge in [-0.1, -0.05) is 0 Å². The number of carbonyl (C=O) groups is 2. The Morgan fingerprint density at radius 1 is 1.06 bits per heavy atom. The number of morpholine rings is 1. The monoisotopic (exact) mass is 257 g/mol. The van der Waals surface area contributed by atoms with E-state index in [9.17, 15) is 9.59 Å². The van der Waals surface area contributed by atoms with Gasteiger partial charge in [0.25, 0.3) is 5.91 Å². The van der Waals surface area contributed by atoms with Gasteiger partial charge in [0.15, 0.2) is 6.10 Å². The number of nitrogens with zero attached hydrogens (tertiary/aromatic N) is 1. The van der Waals surface area contributed by atoms with E-state index in [2.05, 4.69) is 0 Å². The van der Waals surface area contributed by atoms with Crippen molar-refractivity contribution in [2.45, 2.75) is 51.1 Å². The van der Waals surface area contributed by atoms with Crippen LogP contribution in [0.5, 0.6) is 0 Å². The van der Waals surface area contributed by atoms with Gasteiger partial charge < -0.3 is 19.5 Å². The predicted octanol–water partition coefficient (Wildman–Crippen LogP) is 0.254. The van der Waals surface area contributed by atoms with E-state index in [4.69, 9.17) is 14.6 Å². The van der Waals surface area contributed by atoms with Crippen molar-refractivity contribution in [1.29, 1.82) is 0 Å². The highest BCUT2D eigenvalue weighted by atomic mass is 16.5. The van der Waals surface area contributed by atoms with Crippen molar-refractivity contribution in [3.8, 4) is 0 Å². The Balaban J connectivity index is 1.93. The molecule has 0 radical (unpaired) electrons. The standard InChI is InChI=1S/C12H19NO5/c1-7-5-13(6-8(2)17-7)11(14)9-3-4-10(18-9)12(15)16/h7-10H,3-6H2,1-2H3,(H,15,16)/t7-,8+,9?,10?. The highest BCUT2D eigenvalue weighted by Gasteiger charge is 2.38. The molecule has 2 unspecified atom stereocenters. The lowest BCUT2D eigenvalue weighted by atomic mass is 10.1. The average Bonchev–Trinajstić information content (AvgIpc) is 2.75. The first-order valence-electron chi connectivity index (χ1n) is 6.30. The van der Waals surface area contributed by atoms with E-state index in [1.165, 1.54) is 0 Å². The molecule has 6 heteroatoms. The summed E-state index contributed by atoms with van der Waals surface area (Å²) in [6.45, 7) is 4.93. The van der Waals surface area contributed by atoms with Gasteiger partial charge in [0.2, 0.25) is 0 Å². The van der Waals surface area contributed by atoms with Crippen molar-refractivity contribution in [1.82, 2.24) is 4.90 Å². The van der Waals surface area contributed by atoms with E-state index in [1.54, 1.807) is 4.90 Å². The highest BCUT2D eigenvalue weighted by molar-refractivity contribution is 5.82. The van der Waals surface area contributed by atoms with Crippen molar-refractivity contribution in [3.05, 3.63) is 0 Å². The van der Waals surface area contributed by atoms with Gasteiger partial charge >= 0.3 is 5.97 Å². The fourth-order valence-corrected chi connectivity index (χ4v) is 2.56. The summed E-state index contributed by atoms with van der Waals surface area (Å²) in [5, 5.41) is 8.84. The first-order chi connectivity index (χ1) is 8.47. The van der Waals surface area contributed by atoms with Gasteiger partial charge in [0.05, 0.1) is 12.2 Å². The lowest BCUT2D eigenvalue weighted by Crippen LogP contribution is -2.51. The minimum absolute atomic E-state index is 0.00868. The summed E-state index contributed by atoms with van der Waals surface area (Å²) in [5.74, 6) is -1.10. The predicted molar refractivity (Wildman–Crippen MR) is 62.1 cm³/mol. The third-order valence-corrected chi connectivity index (χ3v) is 3.30. The van der Waals surface area contributed by atoms with E-state index in [-0.39, 0.29) is 18.1 Å². The number of hydrogen-bond donors (Lipinski definition) is 1. The minimum Gasteiger partial charge on any atom is -0.479 e. The van der Waals surface area contributed by atoms with Gasteiger partial charge in [0.1, 0.15) is 6.10 Å². The van der Waals surface area contributed by atoms with Crippen LogP contribution in [0.1, 0.15) is 26.7 Å².